The zero-order valence-corrected chi connectivity index (χ0v) is 45.4. The highest BCUT2D eigenvalue weighted by atomic mass is 16.5. The number of carbonyl (C=O) groups is 2. The van der Waals surface area contributed by atoms with Crippen molar-refractivity contribution in [2.75, 3.05) is 13.2 Å². The number of rotatable bonds is 57. The lowest BCUT2D eigenvalue weighted by molar-refractivity contribution is -0.143. The molecule has 2 atom stereocenters. The van der Waals surface area contributed by atoms with E-state index in [1.807, 2.05) is 0 Å². The van der Waals surface area contributed by atoms with E-state index >= 15 is 0 Å². The third kappa shape index (κ3) is 53.8. The number of unbranched alkanes of at least 4 members (excludes halogenated alkanes) is 44. The number of aliphatic hydroxyl groups is 2. The fourth-order valence-electron chi connectivity index (χ4n) is 9.64. The molecule has 0 aliphatic rings. The van der Waals surface area contributed by atoms with Crippen molar-refractivity contribution in [3.8, 4) is 0 Å². The number of carbonyl (C=O) groups excluding carboxylic acids is 2. The van der Waals surface area contributed by atoms with Crippen LogP contribution in [-0.4, -0.2) is 47.4 Å². The molecular formula is C61H119NO5. The summed E-state index contributed by atoms with van der Waals surface area (Å²) in [5.41, 5.74) is 0. The van der Waals surface area contributed by atoms with E-state index in [-0.39, 0.29) is 18.5 Å². The smallest absolute Gasteiger partial charge is 0.305 e. The SMILES string of the molecule is CCCCCC/C=C\CCCCCCCC(=O)OCCCCCCCCCCCCCCCCCC(=O)NC(CO)C(O)CCCCCCCCCCCCCCCCCCCCCCCC. The lowest BCUT2D eigenvalue weighted by Crippen LogP contribution is -2.45. The van der Waals surface area contributed by atoms with E-state index < -0.39 is 12.1 Å². The Hall–Kier alpha value is -1.40. The molecule has 6 nitrogen and oxygen atoms in total. The van der Waals surface area contributed by atoms with Crippen molar-refractivity contribution in [2.45, 2.75) is 353 Å². The predicted molar refractivity (Wildman–Crippen MR) is 292 cm³/mol. The molecule has 3 N–H and O–H groups in total. The van der Waals surface area contributed by atoms with Gasteiger partial charge in [-0.2, -0.15) is 0 Å². The Morgan fingerprint density at radius 1 is 0.403 bits per heavy atom. The summed E-state index contributed by atoms with van der Waals surface area (Å²) in [4.78, 5) is 24.5. The number of ether oxygens (including phenoxy) is 1. The monoisotopic (exact) mass is 946 g/mol. The average Bonchev–Trinajstić information content (AvgIpc) is 3.33. The van der Waals surface area contributed by atoms with Gasteiger partial charge in [-0.25, -0.2) is 0 Å². The Morgan fingerprint density at radius 2 is 0.701 bits per heavy atom. The quantitative estimate of drug-likeness (QED) is 0.0321. The molecule has 0 aliphatic heterocycles. The molecule has 1 amide bonds. The second-order valence-electron chi connectivity index (χ2n) is 21.0. The van der Waals surface area contributed by atoms with Gasteiger partial charge in [-0.15, -0.1) is 0 Å². The second kappa shape index (κ2) is 57.2. The van der Waals surface area contributed by atoms with Gasteiger partial charge in [-0.1, -0.05) is 289 Å². The van der Waals surface area contributed by atoms with Crippen LogP contribution in [0.25, 0.3) is 0 Å². The zero-order valence-electron chi connectivity index (χ0n) is 45.4. The molecule has 6 heteroatoms. The average molecular weight is 947 g/mol. The maximum absolute atomic E-state index is 12.5. The summed E-state index contributed by atoms with van der Waals surface area (Å²) in [6, 6.07) is -0.548. The van der Waals surface area contributed by atoms with Crippen LogP contribution in [0.5, 0.6) is 0 Å². The lowest BCUT2D eigenvalue weighted by atomic mass is 10.0. The minimum atomic E-state index is -0.671. The summed E-state index contributed by atoms with van der Waals surface area (Å²) >= 11 is 0. The number of allylic oxidation sites excluding steroid dienone is 2. The first-order valence-corrected chi connectivity index (χ1v) is 30.4. The molecule has 0 aromatic carbocycles. The van der Waals surface area contributed by atoms with Crippen molar-refractivity contribution in [3.63, 3.8) is 0 Å². The van der Waals surface area contributed by atoms with Crippen molar-refractivity contribution >= 4 is 11.9 Å². The number of aliphatic hydroxyl groups excluding tert-OH is 2. The normalized spacial score (nSPS) is 12.6. The maximum Gasteiger partial charge on any atom is 0.305 e. The molecule has 0 aromatic heterocycles. The van der Waals surface area contributed by atoms with Gasteiger partial charge < -0.3 is 20.3 Å². The highest BCUT2D eigenvalue weighted by Gasteiger charge is 2.20. The van der Waals surface area contributed by atoms with Crippen molar-refractivity contribution in [3.05, 3.63) is 12.2 Å². The molecule has 2 unspecified atom stereocenters. The molecule has 0 aromatic rings. The molecule has 67 heavy (non-hydrogen) atoms. The van der Waals surface area contributed by atoms with Crippen LogP contribution in [-0.2, 0) is 14.3 Å². The van der Waals surface area contributed by atoms with Crippen molar-refractivity contribution in [1.29, 1.82) is 0 Å². The van der Waals surface area contributed by atoms with Gasteiger partial charge in [0.25, 0.3) is 0 Å². The van der Waals surface area contributed by atoms with Crippen LogP contribution in [0.4, 0.5) is 0 Å². The van der Waals surface area contributed by atoms with Crippen molar-refractivity contribution in [1.82, 2.24) is 5.32 Å². The Kier molecular flexibility index (Phi) is 56.0. The molecule has 0 radical (unpaired) electrons. The topological polar surface area (TPSA) is 95.9 Å². The van der Waals surface area contributed by atoms with E-state index in [9.17, 15) is 19.8 Å². The third-order valence-electron chi connectivity index (χ3n) is 14.3. The Labute approximate surface area is 419 Å². The molecule has 0 aliphatic carbocycles. The summed E-state index contributed by atoms with van der Waals surface area (Å²) in [5, 5.41) is 23.4. The van der Waals surface area contributed by atoms with Crippen LogP contribution in [0, 0.1) is 0 Å². The van der Waals surface area contributed by atoms with Gasteiger partial charge in [-0.3, -0.25) is 9.59 Å². The zero-order chi connectivity index (χ0) is 48.6. The molecule has 0 saturated heterocycles. The van der Waals surface area contributed by atoms with Crippen LogP contribution >= 0.6 is 0 Å². The highest BCUT2D eigenvalue weighted by molar-refractivity contribution is 5.76. The Bertz CT molecular complexity index is 1000. The van der Waals surface area contributed by atoms with E-state index in [2.05, 4.69) is 31.3 Å². The molecule has 0 spiro atoms. The molecule has 0 fully saturated rings. The number of amides is 1. The number of hydrogen-bond donors (Lipinski definition) is 3. The minimum Gasteiger partial charge on any atom is -0.466 e. The van der Waals surface area contributed by atoms with E-state index in [0.29, 0.717) is 25.9 Å². The molecule has 0 heterocycles. The first kappa shape index (κ1) is 65.6. The van der Waals surface area contributed by atoms with Crippen LogP contribution < -0.4 is 5.32 Å². The Balaban J connectivity index is 3.43. The fourth-order valence-corrected chi connectivity index (χ4v) is 9.64. The van der Waals surface area contributed by atoms with Gasteiger partial charge in [0.1, 0.15) is 0 Å². The van der Waals surface area contributed by atoms with E-state index in [4.69, 9.17) is 4.74 Å². The number of nitrogens with one attached hydrogen (secondary N) is 1. The van der Waals surface area contributed by atoms with Crippen molar-refractivity contribution < 1.29 is 24.5 Å². The lowest BCUT2D eigenvalue weighted by Gasteiger charge is -2.22. The summed E-state index contributed by atoms with van der Waals surface area (Å²) < 4.78 is 5.46. The highest BCUT2D eigenvalue weighted by Crippen LogP contribution is 2.18. The van der Waals surface area contributed by atoms with Gasteiger partial charge in [0.2, 0.25) is 5.91 Å². The Morgan fingerprint density at radius 3 is 1.07 bits per heavy atom. The standard InChI is InChI=1S/C61H119NO5/c1-3-5-7-9-11-13-15-17-18-19-20-21-22-23-24-26-30-33-37-41-45-49-53-59(64)58(57-63)62-60(65)54-50-46-42-38-34-31-27-25-28-32-36-40-44-48-52-56-67-61(66)55-51-47-43-39-35-29-16-14-12-10-8-6-4-2/h14,16,58-59,63-64H,3-13,15,17-57H2,1-2H3,(H,62,65)/b16-14-. The minimum absolute atomic E-state index is 0.00750. The third-order valence-corrected chi connectivity index (χ3v) is 14.3. The van der Waals surface area contributed by atoms with Gasteiger partial charge in [0.05, 0.1) is 25.4 Å². The molecular weight excluding hydrogens is 827 g/mol. The predicted octanol–water partition coefficient (Wildman–Crippen LogP) is 18.9. The van der Waals surface area contributed by atoms with E-state index in [1.54, 1.807) is 0 Å². The first-order chi connectivity index (χ1) is 33.0. The van der Waals surface area contributed by atoms with E-state index in [1.165, 1.54) is 257 Å². The summed E-state index contributed by atoms with van der Waals surface area (Å²) in [5.74, 6) is -0.0474. The maximum atomic E-state index is 12.5. The largest absolute Gasteiger partial charge is 0.466 e. The van der Waals surface area contributed by atoms with E-state index in [0.717, 1.165) is 51.4 Å². The molecule has 0 saturated carbocycles. The first-order valence-electron chi connectivity index (χ1n) is 30.4. The van der Waals surface area contributed by atoms with Gasteiger partial charge in [0, 0.05) is 12.8 Å². The molecule has 0 bridgehead atoms. The fraction of sp³-hybridized carbons (Fsp3) is 0.934. The van der Waals surface area contributed by atoms with Crippen LogP contribution in [0.1, 0.15) is 341 Å². The summed E-state index contributed by atoms with van der Waals surface area (Å²) in [6.45, 7) is 4.94. The molecule has 0 rings (SSSR count). The van der Waals surface area contributed by atoms with Gasteiger partial charge in [0.15, 0.2) is 0 Å². The molecule has 398 valence electrons. The summed E-state index contributed by atoms with van der Waals surface area (Å²) in [7, 11) is 0. The van der Waals surface area contributed by atoms with Crippen LogP contribution in [0.3, 0.4) is 0 Å². The summed E-state index contributed by atoms with van der Waals surface area (Å²) in [6.07, 6.45) is 67.8. The second-order valence-corrected chi connectivity index (χ2v) is 21.0. The van der Waals surface area contributed by atoms with Crippen LogP contribution in [0.2, 0.25) is 0 Å². The number of esters is 1. The van der Waals surface area contributed by atoms with Gasteiger partial charge >= 0.3 is 5.97 Å². The van der Waals surface area contributed by atoms with Crippen molar-refractivity contribution in [2.24, 2.45) is 0 Å². The number of hydrogen-bond acceptors (Lipinski definition) is 5. The van der Waals surface area contributed by atoms with Gasteiger partial charge in [-0.05, 0) is 51.4 Å². The van der Waals surface area contributed by atoms with Crippen LogP contribution in [0.15, 0.2) is 12.2 Å².